The monoisotopic (exact) mass is 235 g/mol. The Morgan fingerprint density at radius 2 is 1.94 bits per heavy atom. The lowest BCUT2D eigenvalue weighted by Gasteiger charge is -2.07. The minimum absolute atomic E-state index is 0.139. The van der Waals surface area contributed by atoms with Crippen molar-refractivity contribution >= 4 is 11.7 Å². The van der Waals surface area contributed by atoms with E-state index in [1.807, 2.05) is 31.3 Å². The van der Waals surface area contributed by atoms with Crippen molar-refractivity contribution in [1.82, 2.24) is 10.6 Å². The number of amides is 2. The Morgan fingerprint density at radius 1 is 1.24 bits per heavy atom. The molecule has 1 rings (SSSR count). The van der Waals surface area contributed by atoms with E-state index in [0.717, 1.165) is 31.6 Å². The van der Waals surface area contributed by atoms with Crippen LogP contribution in [0.2, 0.25) is 0 Å². The molecule has 94 valence electrons. The lowest BCUT2D eigenvalue weighted by atomic mass is 10.2. The molecule has 0 radical (unpaired) electrons. The zero-order chi connectivity index (χ0) is 12.5. The first-order chi connectivity index (χ1) is 8.26. The van der Waals surface area contributed by atoms with Crippen molar-refractivity contribution in [1.29, 1.82) is 0 Å². The Kier molecular flexibility index (Phi) is 6.10. The summed E-state index contributed by atoms with van der Waals surface area (Å²) in [6.07, 6.45) is 2.09. The lowest BCUT2D eigenvalue weighted by molar-refractivity contribution is 0.252. The molecule has 0 aliphatic carbocycles. The first-order valence-corrected chi connectivity index (χ1v) is 6.04. The number of benzene rings is 1. The van der Waals surface area contributed by atoms with Crippen molar-refractivity contribution in [2.24, 2.45) is 0 Å². The normalized spacial score (nSPS) is 10.0. The fourth-order valence-electron chi connectivity index (χ4n) is 1.46. The number of anilines is 1. The minimum atomic E-state index is -0.139. The molecule has 0 aliphatic heterocycles. The lowest BCUT2D eigenvalue weighted by Crippen LogP contribution is -2.29. The SMILES string of the molecule is CCCCNC(=O)Nc1ccc(CNC)cc1. The molecule has 4 nitrogen and oxygen atoms in total. The number of hydrogen-bond donors (Lipinski definition) is 3. The van der Waals surface area contributed by atoms with Crippen molar-refractivity contribution in [3.63, 3.8) is 0 Å². The molecule has 0 spiro atoms. The van der Waals surface area contributed by atoms with E-state index >= 15 is 0 Å². The topological polar surface area (TPSA) is 53.2 Å². The molecule has 0 unspecified atom stereocenters. The molecule has 0 aromatic heterocycles. The van der Waals surface area contributed by atoms with E-state index in [2.05, 4.69) is 22.9 Å². The second kappa shape index (κ2) is 7.68. The summed E-state index contributed by atoms with van der Waals surface area (Å²) in [5, 5.41) is 8.69. The average molecular weight is 235 g/mol. The number of nitrogens with one attached hydrogen (secondary N) is 3. The van der Waals surface area contributed by atoms with Gasteiger partial charge in [-0.15, -0.1) is 0 Å². The molecular formula is C13H21N3O. The predicted octanol–water partition coefficient (Wildman–Crippen LogP) is 2.33. The highest BCUT2D eigenvalue weighted by Crippen LogP contribution is 2.09. The highest BCUT2D eigenvalue weighted by atomic mass is 16.2. The number of urea groups is 1. The van der Waals surface area contributed by atoms with Gasteiger partial charge in [-0.3, -0.25) is 0 Å². The van der Waals surface area contributed by atoms with E-state index < -0.39 is 0 Å². The molecule has 1 aromatic carbocycles. The first-order valence-electron chi connectivity index (χ1n) is 6.04. The van der Waals surface area contributed by atoms with Gasteiger partial charge in [-0.1, -0.05) is 25.5 Å². The van der Waals surface area contributed by atoms with Gasteiger partial charge in [0.2, 0.25) is 0 Å². The molecule has 17 heavy (non-hydrogen) atoms. The van der Waals surface area contributed by atoms with E-state index in [1.54, 1.807) is 0 Å². The summed E-state index contributed by atoms with van der Waals surface area (Å²) in [7, 11) is 1.91. The van der Waals surface area contributed by atoms with Crippen molar-refractivity contribution < 1.29 is 4.79 Å². The van der Waals surface area contributed by atoms with Gasteiger partial charge >= 0.3 is 6.03 Å². The van der Waals surface area contributed by atoms with Crippen LogP contribution in [-0.4, -0.2) is 19.6 Å². The quantitative estimate of drug-likeness (QED) is 0.663. The highest BCUT2D eigenvalue weighted by molar-refractivity contribution is 5.89. The van der Waals surface area contributed by atoms with Crippen LogP contribution in [0.25, 0.3) is 0 Å². The number of carbonyl (C=O) groups excluding carboxylic acids is 1. The maximum absolute atomic E-state index is 11.5. The van der Waals surface area contributed by atoms with E-state index in [9.17, 15) is 4.79 Å². The van der Waals surface area contributed by atoms with Gasteiger partial charge in [-0.2, -0.15) is 0 Å². The molecular weight excluding hydrogens is 214 g/mol. The molecule has 0 saturated carbocycles. The van der Waals surface area contributed by atoms with E-state index in [0.29, 0.717) is 0 Å². The molecule has 3 N–H and O–H groups in total. The van der Waals surface area contributed by atoms with Gasteiger partial charge in [0.25, 0.3) is 0 Å². The Balaban J connectivity index is 2.37. The molecule has 0 heterocycles. The van der Waals surface area contributed by atoms with E-state index in [4.69, 9.17) is 0 Å². The van der Waals surface area contributed by atoms with E-state index in [-0.39, 0.29) is 6.03 Å². The number of hydrogen-bond acceptors (Lipinski definition) is 2. The molecule has 0 saturated heterocycles. The molecule has 0 atom stereocenters. The molecule has 0 bridgehead atoms. The van der Waals surface area contributed by atoms with Crippen molar-refractivity contribution in [3.8, 4) is 0 Å². The van der Waals surface area contributed by atoms with Crippen LogP contribution >= 0.6 is 0 Å². The highest BCUT2D eigenvalue weighted by Gasteiger charge is 2.00. The van der Waals surface area contributed by atoms with Gasteiger partial charge in [-0.05, 0) is 31.2 Å². The van der Waals surface area contributed by atoms with Gasteiger partial charge < -0.3 is 16.0 Å². The molecule has 0 fully saturated rings. The summed E-state index contributed by atoms with van der Waals surface area (Å²) in [5.74, 6) is 0. The zero-order valence-corrected chi connectivity index (χ0v) is 10.5. The number of carbonyl (C=O) groups is 1. The Labute approximate surface area is 103 Å². The Hall–Kier alpha value is -1.55. The molecule has 2 amide bonds. The maximum Gasteiger partial charge on any atom is 0.319 e. The fourth-order valence-corrected chi connectivity index (χ4v) is 1.46. The molecule has 4 heteroatoms. The Bertz CT molecular complexity index is 335. The molecule has 0 aliphatic rings. The summed E-state index contributed by atoms with van der Waals surface area (Å²) in [6.45, 7) is 3.66. The largest absolute Gasteiger partial charge is 0.338 e. The summed E-state index contributed by atoms with van der Waals surface area (Å²) in [4.78, 5) is 11.5. The second-order valence-corrected chi connectivity index (χ2v) is 3.96. The van der Waals surface area contributed by atoms with Crippen molar-refractivity contribution in [2.45, 2.75) is 26.3 Å². The zero-order valence-electron chi connectivity index (χ0n) is 10.5. The van der Waals surface area contributed by atoms with Crippen LogP contribution in [0.4, 0.5) is 10.5 Å². The van der Waals surface area contributed by atoms with Gasteiger partial charge in [0, 0.05) is 18.8 Å². The van der Waals surface area contributed by atoms with Gasteiger partial charge in [0.1, 0.15) is 0 Å². The van der Waals surface area contributed by atoms with Crippen LogP contribution in [0.15, 0.2) is 24.3 Å². The third kappa shape index (κ3) is 5.36. The van der Waals surface area contributed by atoms with Gasteiger partial charge in [-0.25, -0.2) is 4.79 Å². The summed E-state index contributed by atoms with van der Waals surface area (Å²) in [5.41, 5.74) is 2.02. The third-order valence-corrected chi connectivity index (χ3v) is 2.41. The Morgan fingerprint density at radius 3 is 2.53 bits per heavy atom. The minimum Gasteiger partial charge on any atom is -0.338 e. The summed E-state index contributed by atoms with van der Waals surface area (Å²) in [6, 6.07) is 7.67. The predicted molar refractivity (Wildman–Crippen MR) is 71.1 cm³/mol. The van der Waals surface area contributed by atoms with Crippen LogP contribution in [0, 0.1) is 0 Å². The van der Waals surface area contributed by atoms with Crippen molar-refractivity contribution in [2.75, 3.05) is 18.9 Å². The maximum atomic E-state index is 11.5. The second-order valence-electron chi connectivity index (χ2n) is 3.96. The van der Waals surface area contributed by atoms with Gasteiger partial charge in [0.05, 0.1) is 0 Å². The standard InChI is InChI=1S/C13H21N3O/c1-3-4-9-15-13(17)16-12-7-5-11(6-8-12)10-14-2/h5-8,14H,3-4,9-10H2,1-2H3,(H2,15,16,17). The number of rotatable bonds is 6. The number of unbranched alkanes of at least 4 members (excludes halogenated alkanes) is 1. The third-order valence-electron chi connectivity index (χ3n) is 2.41. The van der Waals surface area contributed by atoms with Crippen LogP contribution in [0.1, 0.15) is 25.3 Å². The van der Waals surface area contributed by atoms with Crippen LogP contribution < -0.4 is 16.0 Å². The van der Waals surface area contributed by atoms with Crippen LogP contribution in [0.5, 0.6) is 0 Å². The first kappa shape index (κ1) is 13.5. The van der Waals surface area contributed by atoms with Crippen molar-refractivity contribution in [3.05, 3.63) is 29.8 Å². The average Bonchev–Trinajstić information content (AvgIpc) is 2.32. The van der Waals surface area contributed by atoms with Crippen LogP contribution in [-0.2, 0) is 6.54 Å². The molecule has 1 aromatic rings. The van der Waals surface area contributed by atoms with E-state index in [1.165, 1.54) is 5.56 Å². The van der Waals surface area contributed by atoms with Gasteiger partial charge in [0.15, 0.2) is 0 Å². The summed E-state index contributed by atoms with van der Waals surface area (Å²) >= 11 is 0. The smallest absolute Gasteiger partial charge is 0.319 e. The fraction of sp³-hybridized carbons (Fsp3) is 0.462. The summed E-state index contributed by atoms with van der Waals surface area (Å²) < 4.78 is 0. The van der Waals surface area contributed by atoms with Crippen LogP contribution in [0.3, 0.4) is 0 Å².